The molecule has 0 aliphatic carbocycles. The Kier molecular flexibility index (Phi) is 21.6. The van der Waals surface area contributed by atoms with Gasteiger partial charge in [-0.15, -0.1) is 0 Å². The van der Waals surface area contributed by atoms with Crippen molar-refractivity contribution in [2.45, 2.75) is 142 Å². The van der Waals surface area contributed by atoms with Gasteiger partial charge in [0, 0.05) is 0 Å². The van der Waals surface area contributed by atoms with Gasteiger partial charge in [-0.3, -0.25) is 0 Å². The average Bonchev–Trinajstić information content (AvgIpc) is 2.70. The molecule has 0 aromatic rings. The number of rotatable bonds is 22. The standard InChI is InChI=1S/2C12H23O.O.Sn/c2*1-2-3-4-5-6-7-8-9-10-11-12-13;;/h2*2-11H2,1H3;;. The summed E-state index contributed by atoms with van der Waals surface area (Å²) in [5.41, 5.74) is 0. The van der Waals surface area contributed by atoms with Gasteiger partial charge in [0.05, 0.1) is 0 Å². The second-order valence-corrected chi connectivity index (χ2v) is 13.4. The van der Waals surface area contributed by atoms with E-state index in [1.807, 2.05) is 0 Å². The molecule has 0 atom stereocenters. The van der Waals surface area contributed by atoms with E-state index in [9.17, 15) is 12.7 Å². The van der Waals surface area contributed by atoms with Gasteiger partial charge in [-0.25, -0.2) is 0 Å². The fourth-order valence-electron chi connectivity index (χ4n) is 3.57. The number of hydrogen-bond donors (Lipinski definition) is 0. The number of unbranched alkanes of at least 4 members (excludes halogenated alkanes) is 16. The second kappa shape index (κ2) is 21.6. The Morgan fingerprint density at radius 3 is 1.00 bits per heavy atom. The van der Waals surface area contributed by atoms with Crippen LogP contribution in [0.5, 0.6) is 0 Å². The summed E-state index contributed by atoms with van der Waals surface area (Å²) < 4.78 is 11.8. The zero-order valence-corrected chi connectivity index (χ0v) is 21.7. The van der Waals surface area contributed by atoms with Crippen molar-refractivity contribution >= 4 is 27.3 Å². The Labute approximate surface area is 181 Å². The van der Waals surface area contributed by atoms with Crippen molar-refractivity contribution in [3.63, 3.8) is 0 Å². The molecule has 0 bridgehead atoms. The monoisotopic (exact) mass is 502 g/mol. The van der Waals surface area contributed by atoms with Gasteiger partial charge < -0.3 is 0 Å². The molecule has 0 saturated heterocycles. The van der Waals surface area contributed by atoms with E-state index in [0.717, 1.165) is 38.5 Å². The van der Waals surface area contributed by atoms with Crippen LogP contribution >= 0.6 is 0 Å². The van der Waals surface area contributed by atoms with Crippen LogP contribution in [0.3, 0.4) is 0 Å². The van der Waals surface area contributed by atoms with E-state index >= 15 is 0 Å². The fraction of sp³-hybridized carbons (Fsp3) is 0.917. The van der Waals surface area contributed by atoms with Crippen LogP contribution in [0.2, 0.25) is 0 Å². The Morgan fingerprint density at radius 2 is 0.714 bits per heavy atom. The molecule has 0 aliphatic rings. The summed E-state index contributed by atoms with van der Waals surface area (Å²) in [6.45, 7) is 4.46. The van der Waals surface area contributed by atoms with E-state index in [1.165, 1.54) is 77.0 Å². The number of carbonyl (C=O) groups excluding carboxylic acids is 2. The molecule has 0 aromatic heterocycles. The van der Waals surface area contributed by atoms with Crippen LogP contribution in [0.4, 0.5) is 0 Å². The minimum absolute atomic E-state index is 0.189. The molecule has 0 unspecified atom stereocenters. The third-order valence-electron chi connectivity index (χ3n) is 5.52. The van der Waals surface area contributed by atoms with Crippen LogP contribution in [0.1, 0.15) is 142 Å². The number of carbonyl (C=O) groups is 2. The van der Waals surface area contributed by atoms with Crippen molar-refractivity contribution in [3.8, 4) is 0 Å². The predicted octanol–water partition coefficient (Wildman–Crippen LogP) is 7.47. The Morgan fingerprint density at radius 1 is 0.464 bits per heavy atom. The minimum atomic E-state index is -3.68. The molecule has 0 rings (SSSR count). The van der Waals surface area contributed by atoms with Crippen LogP contribution in [-0.2, 0) is 12.7 Å². The van der Waals surface area contributed by atoms with E-state index in [1.54, 1.807) is 0 Å². The molecular formula is C24H46O3Sn. The van der Waals surface area contributed by atoms with Crippen molar-refractivity contribution in [2.24, 2.45) is 0 Å². The van der Waals surface area contributed by atoms with Gasteiger partial charge in [0.1, 0.15) is 0 Å². The molecule has 0 spiro atoms. The van der Waals surface area contributed by atoms with Crippen molar-refractivity contribution in [1.82, 2.24) is 0 Å². The Bertz CT molecular complexity index is 371. The van der Waals surface area contributed by atoms with E-state index in [0.29, 0.717) is 12.8 Å². The van der Waals surface area contributed by atoms with Gasteiger partial charge in [-0.2, -0.15) is 0 Å². The molecule has 0 radical (unpaired) electrons. The molecule has 0 heterocycles. The third-order valence-corrected chi connectivity index (χ3v) is 9.84. The molecule has 0 aliphatic heterocycles. The van der Waals surface area contributed by atoms with E-state index in [2.05, 4.69) is 13.8 Å². The molecule has 0 saturated carbocycles. The molecule has 4 heteroatoms. The molecule has 28 heavy (non-hydrogen) atoms. The first-order valence-corrected chi connectivity index (χ1v) is 16.3. The van der Waals surface area contributed by atoms with Crippen molar-refractivity contribution in [1.29, 1.82) is 0 Å². The molecule has 0 N–H and O–H groups in total. The van der Waals surface area contributed by atoms with Crippen LogP contribution in [-0.4, -0.2) is 27.3 Å². The van der Waals surface area contributed by atoms with Crippen molar-refractivity contribution in [3.05, 3.63) is 0 Å². The summed E-state index contributed by atoms with van der Waals surface area (Å²) in [4.78, 5) is 24.0. The Hall–Kier alpha value is -0.0613. The Balaban J connectivity index is 3.54. The third kappa shape index (κ3) is 18.0. The fourth-order valence-corrected chi connectivity index (χ4v) is 6.77. The maximum atomic E-state index is 12.2. The second-order valence-electron chi connectivity index (χ2n) is 8.33. The summed E-state index contributed by atoms with van der Waals surface area (Å²) in [6.07, 6.45) is 22.3. The first-order valence-electron chi connectivity index (χ1n) is 12.2. The topological polar surface area (TPSA) is 51.2 Å². The maximum absolute atomic E-state index is 12.2. The van der Waals surface area contributed by atoms with Gasteiger partial charge >= 0.3 is 182 Å². The van der Waals surface area contributed by atoms with Crippen molar-refractivity contribution < 1.29 is 12.7 Å². The van der Waals surface area contributed by atoms with E-state index in [-0.39, 0.29) is 7.60 Å². The van der Waals surface area contributed by atoms with Gasteiger partial charge in [-0.1, -0.05) is 0 Å². The number of hydrogen-bond acceptors (Lipinski definition) is 3. The zero-order valence-electron chi connectivity index (χ0n) is 18.9. The van der Waals surface area contributed by atoms with Crippen LogP contribution in [0.25, 0.3) is 0 Å². The van der Waals surface area contributed by atoms with Gasteiger partial charge in [0.25, 0.3) is 0 Å². The first-order chi connectivity index (χ1) is 13.6. The molecule has 0 aromatic carbocycles. The molecule has 0 amide bonds. The van der Waals surface area contributed by atoms with Crippen LogP contribution < -0.4 is 0 Å². The summed E-state index contributed by atoms with van der Waals surface area (Å²) in [5.74, 6) is 0. The zero-order chi connectivity index (χ0) is 20.9. The summed E-state index contributed by atoms with van der Waals surface area (Å²) in [5, 5.41) is 0. The normalized spacial score (nSPS) is 10.9. The summed E-state index contributed by atoms with van der Waals surface area (Å²) >= 11 is -3.68. The van der Waals surface area contributed by atoms with Crippen molar-refractivity contribution in [2.75, 3.05) is 0 Å². The summed E-state index contributed by atoms with van der Waals surface area (Å²) in [7, 11) is 0. The molecular weight excluding hydrogens is 455 g/mol. The van der Waals surface area contributed by atoms with E-state index in [4.69, 9.17) is 0 Å². The van der Waals surface area contributed by atoms with Gasteiger partial charge in [-0.05, 0) is 0 Å². The molecule has 0 fully saturated rings. The average molecular weight is 501 g/mol. The van der Waals surface area contributed by atoms with Crippen LogP contribution in [0, 0.1) is 0 Å². The summed E-state index contributed by atoms with van der Waals surface area (Å²) in [6, 6.07) is 0. The van der Waals surface area contributed by atoms with Crippen LogP contribution in [0.15, 0.2) is 0 Å². The van der Waals surface area contributed by atoms with Gasteiger partial charge in [0.2, 0.25) is 0 Å². The molecule has 164 valence electrons. The first kappa shape index (κ1) is 27.9. The molecule has 3 nitrogen and oxygen atoms in total. The SMILES string of the molecule is CCCCCCCCCCC[C](=O)[Sn](=[O])[C](=O)CCCCCCCCCCC. The predicted molar refractivity (Wildman–Crippen MR) is 120 cm³/mol. The quantitative estimate of drug-likeness (QED) is 0.114. The van der Waals surface area contributed by atoms with Gasteiger partial charge in [0.15, 0.2) is 0 Å². The van der Waals surface area contributed by atoms with E-state index < -0.39 is 19.7 Å².